The summed E-state index contributed by atoms with van der Waals surface area (Å²) in [5, 5.41) is 1.38. The van der Waals surface area contributed by atoms with Crippen LogP contribution in [0.5, 0.6) is 0 Å². The van der Waals surface area contributed by atoms with Gasteiger partial charge in [-0.2, -0.15) is 0 Å². The van der Waals surface area contributed by atoms with Gasteiger partial charge in [-0.15, -0.1) is 0 Å². The van der Waals surface area contributed by atoms with Gasteiger partial charge in [0.2, 0.25) is 0 Å². The Labute approximate surface area is 81.5 Å². The van der Waals surface area contributed by atoms with Crippen LogP contribution >= 0.6 is 0 Å². The van der Waals surface area contributed by atoms with Gasteiger partial charge in [-0.05, 0) is 19.1 Å². The third-order valence-corrected chi connectivity index (χ3v) is 3.59. The first-order valence-corrected chi connectivity index (χ1v) is 6.39. The quantitative estimate of drug-likeness (QED) is 0.669. The summed E-state index contributed by atoms with van der Waals surface area (Å²) >= 11 is 0. The molecule has 0 bridgehead atoms. The zero-order chi connectivity index (χ0) is 9.42. The molecular weight excluding hydrogens is 178 g/mol. The highest BCUT2D eigenvalue weighted by molar-refractivity contribution is 7.95. The van der Waals surface area contributed by atoms with Crippen molar-refractivity contribution in [3.05, 3.63) is 30.0 Å². The normalized spacial score (nSPS) is 11.4. The predicted octanol–water partition coefficient (Wildman–Crippen LogP) is 2.71. The van der Waals surface area contributed by atoms with Crippen molar-refractivity contribution in [3.8, 4) is 0 Å². The molecule has 0 saturated carbocycles. The maximum Gasteiger partial charge on any atom is 0.182 e. The Balaban J connectivity index is 2.78. The molecule has 0 fully saturated rings. The summed E-state index contributed by atoms with van der Waals surface area (Å²) in [6.45, 7) is 2.16. The van der Waals surface area contributed by atoms with Gasteiger partial charge in [0, 0.05) is 10.9 Å². The molecule has 68 valence electrons. The predicted molar refractivity (Wildman–Crippen MR) is 60.5 cm³/mol. The van der Waals surface area contributed by atoms with E-state index in [1.54, 1.807) is 0 Å². The van der Waals surface area contributed by atoms with Crippen LogP contribution in [-0.2, 0) is 10.9 Å². The molecule has 1 heterocycles. The molecule has 0 atom stereocenters. The Kier molecular flexibility index (Phi) is 2.08. The lowest BCUT2D eigenvalue weighted by atomic mass is 10.2. The molecule has 1 aromatic carbocycles. The van der Waals surface area contributed by atoms with Crippen molar-refractivity contribution >= 4 is 21.8 Å². The molecule has 13 heavy (non-hydrogen) atoms. The van der Waals surface area contributed by atoms with Crippen molar-refractivity contribution in [1.82, 2.24) is 4.98 Å². The van der Waals surface area contributed by atoms with Crippen LogP contribution in [0.2, 0.25) is 0 Å². The average Bonchev–Trinajstić information content (AvgIpc) is 2.39. The van der Waals surface area contributed by atoms with Gasteiger partial charge in [-0.25, -0.2) is 0 Å². The van der Waals surface area contributed by atoms with E-state index in [4.69, 9.17) is 0 Å². The minimum atomic E-state index is 0.335. The highest BCUT2D eigenvalue weighted by atomic mass is 32.2. The number of fused-ring (bicyclic) bond motifs is 1. The number of rotatable bonds is 1. The van der Waals surface area contributed by atoms with Crippen LogP contribution in [-0.4, -0.2) is 17.5 Å². The second kappa shape index (κ2) is 3.11. The number of aromatic amines is 1. The van der Waals surface area contributed by atoms with Gasteiger partial charge in [0.25, 0.3) is 0 Å². The Morgan fingerprint density at radius 1 is 1.15 bits per heavy atom. The van der Waals surface area contributed by atoms with Crippen LogP contribution in [0.15, 0.2) is 29.2 Å². The summed E-state index contributed by atoms with van der Waals surface area (Å²) in [5.74, 6) is 0. The number of para-hydroxylation sites is 1. The van der Waals surface area contributed by atoms with E-state index >= 15 is 0 Å². The summed E-state index contributed by atoms with van der Waals surface area (Å²) in [7, 11) is 0.335. The van der Waals surface area contributed by atoms with Gasteiger partial charge in [0.05, 0.1) is 16.6 Å². The van der Waals surface area contributed by atoms with Crippen molar-refractivity contribution in [3.63, 3.8) is 0 Å². The lowest BCUT2D eigenvalue weighted by Gasteiger charge is -1.94. The molecule has 1 aromatic heterocycles. The summed E-state index contributed by atoms with van der Waals surface area (Å²) in [6, 6.07) is 8.51. The minimum Gasteiger partial charge on any atom is -0.354 e. The summed E-state index contributed by atoms with van der Waals surface area (Å²) in [5.41, 5.74) is 2.57. The standard InChI is InChI=1S/C11H14NS/c1-8-11(13(2)3)9-6-4-5-7-10(9)12-8/h4-7,12H,1-3H3/q+1. The van der Waals surface area contributed by atoms with Crippen LogP contribution in [0.3, 0.4) is 0 Å². The molecule has 1 N–H and O–H groups in total. The van der Waals surface area contributed by atoms with Crippen molar-refractivity contribution in [2.24, 2.45) is 0 Å². The SMILES string of the molecule is Cc1[nH]c2ccccc2c1[S+](C)C. The second-order valence-corrected chi connectivity index (χ2v) is 5.48. The van der Waals surface area contributed by atoms with Gasteiger partial charge in [0.15, 0.2) is 4.90 Å². The lowest BCUT2D eigenvalue weighted by molar-refractivity contribution is 1.23. The average molecular weight is 192 g/mol. The lowest BCUT2D eigenvalue weighted by Crippen LogP contribution is -1.96. The molecule has 1 nitrogen and oxygen atoms in total. The fourth-order valence-corrected chi connectivity index (χ4v) is 3.06. The first-order valence-electron chi connectivity index (χ1n) is 4.35. The topological polar surface area (TPSA) is 15.8 Å². The second-order valence-electron chi connectivity index (χ2n) is 3.44. The molecule has 0 unspecified atom stereocenters. The first-order chi connectivity index (χ1) is 6.20. The van der Waals surface area contributed by atoms with Crippen LogP contribution in [0.1, 0.15) is 5.69 Å². The number of benzene rings is 1. The third kappa shape index (κ3) is 1.35. The van der Waals surface area contributed by atoms with E-state index < -0.39 is 0 Å². The highest BCUT2D eigenvalue weighted by Crippen LogP contribution is 2.25. The number of nitrogens with one attached hydrogen (secondary N) is 1. The van der Waals surface area contributed by atoms with Crippen molar-refractivity contribution in [2.75, 3.05) is 12.5 Å². The van der Waals surface area contributed by atoms with Gasteiger partial charge in [-0.1, -0.05) is 12.1 Å². The van der Waals surface area contributed by atoms with E-state index in [1.807, 2.05) is 0 Å². The van der Waals surface area contributed by atoms with E-state index in [0.717, 1.165) is 0 Å². The molecule has 0 aliphatic carbocycles. The molecule has 0 saturated heterocycles. The van der Waals surface area contributed by atoms with Gasteiger partial charge < -0.3 is 4.98 Å². The van der Waals surface area contributed by atoms with Crippen molar-refractivity contribution in [2.45, 2.75) is 11.8 Å². The number of aryl methyl sites for hydroxylation is 1. The number of hydrogen-bond acceptors (Lipinski definition) is 0. The molecule has 0 amide bonds. The van der Waals surface area contributed by atoms with Crippen LogP contribution < -0.4 is 0 Å². The van der Waals surface area contributed by atoms with Gasteiger partial charge in [0.1, 0.15) is 12.5 Å². The smallest absolute Gasteiger partial charge is 0.182 e. The molecule has 2 heteroatoms. The Morgan fingerprint density at radius 3 is 2.54 bits per heavy atom. The number of H-pyrrole nitrogens is 1. The van der Waals surface area contributed by atoms with E-state index in [2.05, 4.69) is 48.7 Å². The molecule has 0 spiro atoms. The number of aromatic nitrogens is 1. The van der Waals surface area contributed by atoms with Gasteiger partial charge >= 0.3 is 0 Å². The first kappa shape index (κ1) is 8.70. The summed E-state index contributed by atoms with van der Waals surface area (Å²) in [4.78, 5) is 4.90. The largest absolute Gasteiger partial charge is 0.354 e. The van der Waals surface area contributed by atoms with E-state index in [0.29, 0.717) is 10.9 Å². The van der Waals surface area contributed by atoms with E-state index in [-0.39, 0.29) is 0 Å². The molecular formula is C11H14NS+. The third-order valence-electron chi connectivity index (χ3n) is 2.24. The highest BCUT2D eigenvalue weighted by Gasteiger charge is 2.18. The van der Waals surface area contributed by atoms with E-state index in [9.17, 15) is 0 Å². The van der Waals surface area contributed by atoms with Crippen molar-refractivity contribution in [1.29, 1.82) is 0 Å². The molecule has 2 rings (SSSR count). The van der Waals surface area contributed by atoms with Crippen LogP contribution in [0.4, 0.5) is 0 Å². The fraction of sp³-hybridized carbons (Fsp3) is 0.273. The Bertz CT molecular complexity index is 429. The molecule has 0 aliphatic heterocycles. The van der Waals surface area contributed by atoms with Gasteiger partial charge in [-0.3, -0.25) is 0 Å². The van der Waals surface area contributed by atoms with E-state index in [1.165, 1.54) is 21.5 Å². The molecule has 0 radical (unpaired) electrons. The Morgan fingerprint density at radius 2 is 1.85 bits per heavy atom. The summed E-state index contributed by atoms with van der Waals surface area (Å²) in [6.07, 6.45) is 4.53. The molecule has 2 aromatic rings. The monoisotopic (exact) mass is 192 g/mol. The minimum absolute atomic E-state index is 0.335. The summed E-state index contributed by atoms with van der Waals surface area (Å²) < 4.78 is 0. The maximum atomic E-state index is 3.42. The van der Waals surface area contributed by atoms with Crippen LogP contribution in [0.25, 0.3) is 10.9 Å². The zero-order valence-corrected chi connectivity index (χ0v) is 9.03. The fourth-order valence-electron chi connectivity index (χ4n) is 1.78. The van der Waals surface area contributed by atoms with Crippen LogP contribution in [0, 0.1) is 6.92 Å². The zero-order valence-electron chi connectivity index (χ0n) is 8.22. The maximum absolute atomic E-state index is 3.42. The number of hydrogen-bond donors (Lipinski definition) is 1. The van der Waals surface area contributed by atoms with Crippen molar-refractivity contribution < 1.29 is 0 Å². The Hall–Kier alpha value is -0.890. The molecule has 0 aliphatic rings.